The first-order valence-corrected chi connectivity index (χ1v) is 7.28. The Kier molecular flexibility index (Phi) is 5.06. The second-order valence-corrected chi connectivity index (χ2v) is 5.46. The predicted molar refractivity (Wildman–Crippen MR) is 83.9 cm³/mol. The molecule has 0 spiro atoms. The van der Waals surface area contributed by atoms with E-state index in [0.29, 0.717) is 5.56 Å². The number of carbonyl (C=O) groups is 2. The van der Waals surface area contributed by atoms with Crippen molar-refractivity contribution in [3.05, 3.63) is 53.6 Å². The third-order valence-corrected chi connectivity index (χ3v) is 4.06. The van der Waals surface area contributed by atoms with Crippen LogP contribution in [0.25, 0.3) is 0 Å². The van der Waals surface area contributed by atoms with Gasteiger partial charge in [0.15, 0.2) is 0 Å². The Morgan fingerprint density at radius 3 is 2.50 bits per heavy atom. The summed E-state index contributed by atoms with van der Waals surface area (Å²) in [5.41, 5.74) is 0.669. The van der Waals surface area contributed by atoms with Crippen molar-refractivity contribution >= 4 is 23.6 Å². The molecule has 1 amide bonds. The van der Waals surface area contributed by atoms with Gasteiger partial charge in [-0.25, -0.2) is 4.79 Å². The van der Waals surface area contributed by atoms with E-state index in [2.05, 4.69) is 5.32 Å². The Labute approximate surface area is 132 Å². The van der Waals surface area contributed by atoms with Gasteiger partial charge >= 0.3 is 5.97 Å². The second-order valence-electron chi connectivity index (χ2n) is 4.34. The Hall–Kier alpha value is -2.47. The molecule has 22 heavy (non-hydrogen) atoms. The minimum absolute atomic E-state index is 0.103. The lowest BCUT2D eigenvalue weighted by Gasteiger charge is -2.10. The highest BCUT2D eigenvalue weighted by atomic mass is 32.2. The molecule has 0 radical (unpaired) electrons. The lowest BCUT2D eigenvalue weighted by atomic mass is 10.2. The molecule has 5 nitrogen and oxygen atoms in total. The van der Waals surface area contributed by atoms with E-state index in [1.54, 1.807) is 31.3 Å². The maximum Gasteiger partial charge on any atom is 0.339 e. The van der Waals surface area contributed by atoms with E-state index in [4.69, 9.17) is 9.84 Å². The molecule has 0 bridgehead atoms. The fraction of sp³-hybridized carbons (Fsp3) is 0.125. The van der Waals surface area contributed by atoms with Crippen LogP contribution >= 0.6 is 11.8 Å². The highest BCUT2D eigenvalue weighted by molar-refractivity contribution is 7.99. The lowest BCUT2D eigenvalue weighted by Crippen LogP contribution is -2.18. The van der Waals surface area contributed by atoms with Crippen LogP contribution in [-0.4, -0.2) is 31.1 Å². The lowest BCUT2D eigenvalue weighted by molar-refractivity contribution is 0.0693. The van der Waals surface area contributed by atoms with E-state index >= 15 is 0 Å². The zero-order chi connectivity index (χ0) is 16.1. The van der Waals surface area contributed by atoms with Crippen LogP contribution < -0.4 is 10.1 Å². The molecule has 0 heterocycles. The summed E-state index contributed by atoms with van der Waals surface area (Å²) in [6.07, 6.45) is 0. The summed E-state index contributed by atoms with van der Waals surface area (Å²) >= 11 is 1.37. The normalized spacial score (nSPS) is 10.1. The van der Waals surface area contributed by atoms with Crippen molar-refractivity contribution in [2.24, 2.45) is 0 Å². The number of carboxylic acids is 1. The Morgan fingerprint density at radius 2 is 1.86 bits per heavy atom. The maximum atomic E-state index is 11.9. The largest absolute Gasteiger partial charge is 0.496 e. The molecule has 0 atom stereocenters. The van der Waals surface area contributed by atoms with Crippen LogP contribution in [0.1, 0.15) is 20.7 Å². The smallest absolute Gasteiger partial charge is 0.339 e. The van der Waals surface area contributed by atoms with Crippen LogP contribution in [0.2, 0.25) is 0 Å². The number of rotatable bonds is 5. The standard InChI is InChI=1S/C16H15NO4S/c1-17-15(18)12-5-3-4-6-14(12)22-10-7-8-11(16(19)20)13(9-10)21-2/h3-9H,1-2H3,(H,17,18)(H,19,20). The van der Waals surface area contributed by atoms with Crippen LogP contribution in [0, 0.1) is 0 Å². The second kappa shape index (κ2) is 7.00. The quantitative estimate of drug-likeness (QED) is 0.887. The highest BCUT2D eigenvalue weighted by Crippen LogP contribution is 2.33. The predicted octanol–water partition coefficient (Wildman–Crippen LogP) is 2.90. The molecule has 0 saturated heterocycles. The van der Waals surface area contributed by atoms with E-state index < -0.39 is 5.97 Å². The summed E-state index contributed by atoms with van der Waals surface area (Å²) < 4.78 is 5.11. The Bertz CT molecular complexity index is 715. The SMILES string of the molecule is CNC(=O)c1ccccc1Sc1ccc(C(=O)O)c(OC)c1. The van der Waals surface area contributed by atoms with E-state index in [0.717, 1.165) is 9.79 Å². The molecule has 0 fully saturated rings. The van der Waals surface area contributed by atoms with Crippen LogP contribution in [0.4, 0.5) is 0 Å². The average molecular weight is 317 g/mol. The third kappa shape index (κ3) is 3.40. The molecule has 0 aliphatic rings. The van der Waals surface area contributed by atoms with Crippen molar-refractivity contribution in [2.45, 2.75) is 9.79 Å². The molecular formula is C16H15NO4S. The van der Waals surface area contributed by atoms with E-state index in [9.17, 15) is 9.59 Å². The van der Waals surface area contributed by atoms with Gasteiger partial charge in [-0.3, -0.25) is 4.79 Å². The van der Waals surface area contributed by atoms with Crippen molar-refractivity contribution in [1.29, 1.82) is 0 Å². The molecule has 2 aromatic rings. The van der Waals surface area contributed by atoms with Crippen molar-refractivity contribution in [1.82, 2.24) is 5.32 Å². The summed E-state index contributed by atoms with van der Waals surface area (Å²) in [6.45, 7) is 0. The number of benzene rings is 2. The van der Waals surface area contributed by atoms with Gasteiger partial charge in [0, 0.05) is 16.8 Å². The van der Waals surface area contributed by atoms with Gasteiger partial charge in [-0.1, -0.05) is 23.9 Å². The van der Waals surface area contributed by atoms with Gasteiger partial charge in [0.1, 0.15) is 11.3 Å². The number of ether oxygens (including phenoxy) is 1. The monoisotopic (exact) mass is 317 g/mol. The van der Waals surface area contributed by atoms with Crippen molar-refractivity contribution in [3.63, 3.8) is 0 Å². The summed E-state index contributed by atoms with van der Waals surface area (Å²) in [5, 5.41) is 11.7. The third-order valence-electron chi connectivity index (χ3n) is 2.99. The molecule has 2 N–H and O–H groups in total. The summed E-state index contributed by atoms with van der Waals surface area (Å²) in [5.74, 6) is -0.925. The van der Waals surface area contributed by atoms with Gasteiger partial charge < -0.3 is 15.2 Å². The van der Waals surface area contributed by atoms with Gasteiger partial charge in [-0.2, -0.15) is 0 Å². The molecule has 114 valence electrons. The Balaban J connectivity index is 2.36. The summed E-state index contributed by atoms with van der Waals surface area (Å²) in [6, 6.07) is 12.1. The minimum atomic E-state index is -1.04. The fourth-order valence-corrected chi connectivity index (χ4v) is 2.89. The van der Waals surface area contributed by atoms with Gasteiger partial charge in [-0.05, 0) is 30.3 Å². The van der Waals surface area contributed by atoms with E-state index in [1.165, 1.54) is 24.9 Å². The first-order valence-electron chi connectivity index (χ1n) is 6.47. The summed E-state index contributed by atoms with van der Waals surface area (Å²) in [4.78, 5) is 24.5. The van der Waals surface area contributed by atoms with Crippen molar-refractivity contribution < 1.29 is 19.4 Å². The van der Waals surface area contributed by atoms with Gasteiger partial charge in [0.05, 0.1) is 12.7 Å². The first-order chi connectivity index (χ1) is 10.6. The number of amides is 1. The van der Waals surface area contributed by atoms with Crippen LogP contribution in [-0.2, 0) is 0 Å². The minimum Gasteiger partial charge on any atom is -0.496 e. The molecule has 0 aromatic heterocycles. The van der Waals surface area contributed by atoms with Crippen molar-refractivity contribution in [2.75, 3.05) is 14.2 Å². The zero-order valence-electron chi connectivity index (χ0n) is 12.1. The van der Waals surface area contributed by atoms with E-state index in [1.807, 2.05) is 12.1 Å². The number of carbonyl (C=O) groups excluding carboxylic acids is 1. The molecule has 2 aromatic carbocycles. The topological polar surface area (TPSA) is 75.6 Å². The van der Waals surface area contributed by atoms with E-state index in [-0.39, 0.29) is 17.2 Å². The molecule has 0 saturated carbocycles. The molecule has 0 aliphatic carbocycles. The van der Waals surface area contributed by atoms with Crippen molar-refractivity contribution in [3.8, 4) is 5.75 Å². The number of hydrogen-bond donors (Lipinski definition) is 2. The number of methoxy groups -OCH3 is 1. The Morgan fingerprint density at radius 1 is 1.14 bits per heavy atom. The number of hydrogen-bond acceptors (Lipinski definition) is 4. The molecule has 6 heteroatoms. The average Bonchev–Trinajstić information content (AvgIpc) is 2.54. The van der Waals surface area contributed by atoms with Crippen LogP contribution in [0.5, 0.6) is 5.75 Å². The van der Waals surface area contributed by atoms with Gasteiger partial charge in [0.2, 0.25) is 0 Å². The molecular weight excluding hydrogens is 302 g/mol. The highest BCUT2D eigenvalue weighted by Gasteiger charge is 2.14. The summed E-state index contributed by atoms with van der Waals surface area (Å²) in [7, 11) is 3.00. The first kappa shape index (κ1) is 15.9. The maximum absolute atomic E-state index is 11.9. The molecule has 0 aliphatic heterocycles. The number of carboxylic acid groups (broad SMARTS) is 1. The van der Waals surface area contributed by atoms with Gasteiger partial charge in [-0.15, -0.1) is 0 Å². The zero-order valence-corrected chi connectivity index (χ0v) is 12.9. The number of aromatic carboxylic acids is 1. The molecule has 2 rings (SSSR count). The van der Waals surface area contributed by atoms with Crippen LogP contribution in [0.3, 0.4) is 0 Å². The number of nitrogens with one attached hydrogen (secondary N) is 1. The van der Waals surface area contributed by atoms with Gasteiger partial charge in [0.25, 0.3) is 5.91 Å². The van der Waals surface area contributed by atoms with Crippen LogP contribution in [0.15, 0.2) is 52.3 Å². The fourth-order valence-electron chi connectivity index (χ4n) is 1.92. The molecule has 0 unspecified atom stereocenters.